The predicted molar refractivity (Wildman–Crippen MR) is 147 cm³/mol. The Morgan fingerprint density at radius 1 is 1.00 bits per heavy atom. The fraction of sp³-hybridized carbons (Fsp3) is 0.179. The van der Waals surface area contributed by atoms with Crippen LogP contribution in [0.4, 0.5) is 33.9 Å². The first-order valence-corrected chi connectivity index (χ1v) is 12.8. The highest BCUT2D eigenvalue weighted by molar-refractivity contribution is 6.03. The number of alkyl halides is 3. The molecule has 44 heavy (non-hydrogen) atoms. The average Bonchev–Trinajstić information content (AvgIpc) is 2.93. The Kier molecular flexibility index (Phi) is 8.17. The van der Waals surface area contributed by atoms with Crippen LogP contribution < -0.4 is 25.7 Å². The van der Waals surface area contributed by atoms with Crippen LogP contribution in [0.2, 0.25) is 0 Å². The van der Waals surface area contributed by atoms with Crippen LogP contribution in [0.15, 0.2) is 71.7 Å². The number of nitrogens with zero attached hydrogens (tertiary/aromatic N) is 4. The zero-order valence-corrected chi connectivity index (χ0v) is 22.6. The van der Waals surface area contributed by atoms with Gasteiger partial charge < -0.3 is 24.8 Å². The predicted octanol–water partition coefficient (Wildman–Crippen LogP) is 4.23. The third kappa shape index (κ3) is 7.09. The highest BCUT2D eigenvalue weighted by Crippen LogP contribution is 2.28. The number of pyridine rings is 1. The summed E-state index contributed by atoms with van der Waals surface area (Å²) in [6.07, 6.45) is -4.11. The molecule has 1 aliphatic rings. The van der Waals surface area contributed by atoms with Gasteiger partial charge in [-0.05, 0) is 55.0 Å². The molecule has 4 aromatic rings. The number of rotatable bonds is 7. The number of carbonyl (C=O) groups is 2. The van der Waals surface area contributed by atoms with Crippen molar-refractivity contribution in [1.29, 1.82) is 0 Å². The third-order valence-electron chi connectivity index (χ3n) is 6.19. The van der Waals surface area contributed by atoms with E-state index in [-0.39, 0.29) is 53.0 Å². The molecule has 0 atom stereocenters. The Labute approximate surface area is 245 Å². The third-order valence-corrected chi connectivity index (χ3v) is 6.19. The van der Waals surface area contributed by atoms with Gasteiger partial charge >= 0.3 is 12.4 Å². The summed E-state index contributed by atoms with van der Waals surface area (Å²) >= 11 is 0. The van der Waals surface area contributed by atoms with Gasteiger partial charge in [0.1, 0.15) is 17.3 Å². The van der Waals surface area contributed by atoms with Gasteiger partial charge in [-0.25, -0.2) is 14.2 Å². The van der Waals surface area contributed by atoms with E-state index in [4.69, 9.17) is 4.74 Å². The van der Waals surface area contributed by atoms with Gasteiger partial charge in [0.2, 0.25) is 0 Å². The molecule has 2 aromatic heterocycles. The number of carbonyl (C=O) groups excluding carboxylic acids is 2. The van der Waals surface area contributed by atoms with E-state index in [9.17, 15) is 37.1 Å². The zero-order valence-electron chi connectivity index (χ0n) is 22.6. The number of amides is 3. The van der Waals surface area contributed by atoms with Gasteiger partial charge in [-0.15, -0.1) is 13.2 Å². The van der Waals surface area contributed by atoms with Crippen LogP contribution in [-0.4, -0.2) is 62.3 Å². The average molecular weight is 615 g/mol. The zero-order chi connectivity index (χ0) is 31.6. The summed E-state index contributed by atoms with van der Waals surface area (Å²) < 4.78 is 62.5. The number of halogens is 4. The number of benzene rings is 2. The number of urea groups is 1. The Bertz CT molecular complexity index is 1770. The van der Waals surface area contributed by atoms with E-state index in [2.05, 4.69) is 25.5 Å². The topological polar surface area (TPSA) is 148 Å². The summed E-state index contributed by atoms with van der Waals surface area (Å²) in [5, 5.41) is 18.4. The van der Waals surface area contributed by atoms with Gasteiger partial charge in [0.05, 0.1) is 24.9 Å². The fourth-order valence-corrected chi connectivity index (χ4v) is 4.07. The number of aliphatic hydroxyl groups is 1. The van der Waals surface area contributed by atoms with Crippen molar-refractivity contribution in [2.75, 3.05) is 23.7 Å². The molecule has 0 saturated carbocycles. The number of β-amino-alcohol motifs (C(OH)–C–C–N with tert-alkyl or cyclic N) is 1. The van der Waals surface area contributed by atoms with E-state index >= 15 is 0 Å². The SMILES string of the molecule is Cc1cc(=O)n(-c2ccc(OC(F)(F)F)cc2)nc1C(=O)Nc1ccc(Oc2ccnc(NC(=O)N3CC(O)C3)c2)c(F)c1. The van der Waals surface area contributed by atoms with Crippen LogP contribution in [0, 0.1) is 12.7 Å². The highest BCUT2D eigenvalue weighted by Gasteiger charge is 2.31. The molecular formula is C28H22F4N6O6. The molecule has 2 aromatic carbocycles. The number of anilines is 2. The Hall–Kier alpha value is -5.51. The number of likely N-dealkylation sites (tertiary alicyclic amines) is 1. The number of aromatic nitrogens is 3. The molecule has 12 nitrogen and oxygen atoms in total. The summed E-state index contributed by atoms with van der Waals surface area (Å²) in [7, 11) is 0. The second-order valence-corrected chi connectivity index (χ2v) is 9.53. The maximum Gasteiger partial charge on any atom is 0.573 e. The van der Waals surface area contributed by atoms with Crippen LogP contribution in [0.3, 0.4) is 0 Å². The van der Waals surface area contributed by atoms with E-state index in [1.807, 2.05) is 0 Å². The van der Waals surface area contributed by atoms with E-state index in [0.29, 0.717) is 0 Å². The Morgan fingerprint density at radius 2 is 1.73 bits per heavy atom. The summed E-state index contributed by atoms with van der Waals surface area (Å²) in [5.41, 5.74) is -0.530. The molecule has 0 spiro atoms. The molecule has 1 aliphatic heterocycles. The van der Waals surface area contributed by atoms with Gasteiger partial charge in [-0.1, -0.05) is 0 Å². The number of nitrogens with one attached hydrogen (secondary N) is 2. The molecule has 3 heterocycles. The monoisotopic (exact) mass is 614 g/mol. The minimum Gasteiger partial charge on any atom is -0.454 e. The maximum atomic E-state index is 14.9. The fourth-order valence-electron chi connectivity index (χ4n) is 4.07. The molecule has 0 radical (unpaired) electrons. The maximum absolute atomic E-state index is 14.9. The standard InChI is InChI=1S/C28H22F4N6O6/c1-15-10-24(40)38(17-3-5-19(6-4-17)44-28(30,31)32)36-25(15)26(41)34-16-2-7-22(21(29)11-16)43-20-8-9-33-23(12-20)35-27(42)37-13-18(39)14-37/h2-12,18,39H,13-14H2,1H3,(H,34,41)(H,33,35,42). The molecule has 1 saturated heterocycles. The largest absolute Gasteiger partial charge is 0.573 e. The first-order chi connectivity index (χ1) is 20.8. The lowest BCUT2D eigenvalue weighted by molar-refractivity contribution is -0.274. The summed E-state index contributed by atoms with van der Waals surface area (Å²) in [4.78, 5) is 43.0. The Morgan fingerprint density at radius 3 is 2.39 bits per heavy atom. The summed E-state index contributed by atoms with van der Waals surface area (Å²) in [6.45, 7) is 1.87. The molecule has 5 rings (SSSR count). The molecular weight excluding hydrogens is 592 g/mol. The molecule has 3 amide bonds. The quantitative estimate of drug-likeness (QED) is 0.262. The lowest BCUT2D eigenvalue weighted by atomic mass is 10.2. The van der Waals surface area contributed by atoms with Crippen molar-refractivity contribution in [2.45, 2.75) is 19.4 Å². The molecule has 0 aliphatic carbocycles. The first kappa shape index (κ1) is 30.0. The number of aliphatic hydroxyl groups excluding tert-OH is 1. The van der Waals surface area contributed by atoms with Crippen molar-refractivity contribution < 1.29 is 41.7 Å². The molecule has 228 valence electrons. The van der Waals surface area contributed by atoms with E-state index in [1.165, 1.54) is 42.3 Å². The number of hydrogen-bond acceptors (Lipinski definition) is 8. The van der Waals surface area contributed by atoms with Crippen molar-refractivity contribution in [1.82, 2.24) is 19.7 Å². The van der Waals surface area contributed by atoms with Gasteiger partial charge in [0.25, 0.3) is 11.5 Å². The minimum atomic E-state index is -4.89. The number of hydrogen-bond donors (Lipinski definition) is 3. The summed E-state index contributed by atoms with van der Waals surface area (Å²) in [5.74, 6) is -2.02. The smallest absolute Gasteiger partial charge is 0.454 e. The minimum absolute atomic E-state index is 0.0341. The highest BCUT2D eigenvalue weighted by atomic mass is 19.4. The van der Waals surface area contributed by atoms with Crippen molar-refractivity contribution in [3.8, 4) is 22.9 Å². The normalized spacial score (nSPS) is 13.2. The van der Waals surface area contributed by atoms with Crippen LogP contribution in [0.5, 0.6) is 17.2 Å². The van der Waals surface area contributed by atoms with Gasteiger partial charge in [0, 0.05) is 30.1 Å². The van der Waals surface area contributed by atoms with Crippen molar-refractivity contribution in [3.63, 3.8) is 0 Å². The number of aryl methyl sites for hydroxylation is 1. The van der Waals surface area contributed by atoms with Crippen molar-refractivity contribution >= 4 is 23.4 Å². The molecule has 0 bridgehead atoms. The van der Waals surface area contributed by atoms with Gasteiger partial charge in [0.15, 0.2) is 17.3 Å². The molecule has 16 heteroatoms. The van der Waals surface area contributed by atoms with Crippen LogP contribution in [0.25, 0.3) is 5.69 Å². The van der Waals surface area contributed by atoms with Crippen molar-refractivity contribution in [2.24, 2.45) is 0 Å². The second-order valence-electron chi connectivity index (χ2n) is 9.53. The number of ether oxygens (including phenoxy) is 2. The lowest BCUT2D eigenvalue weighted by Crippen LogP contribution is -2.54. The Balaban J connectivity index is 1.27. The van der Waals surface area contributed by atoms with E-state index in [0.717, 1.165) is 41.1 Å². The van der Waals surface area contributed by atoms with Gasteiger partial charge in [-0.2, -0.15) is 9.78 Å². The summed E-state index contributed by atoms with van der Waals surface area (Å²) in [6, 6.07) is 11.4. The van der Waals surface area contributed by atoms with E-state index in [1.54, 1.807) is 0 Å². The molecule has 3 N–H and O–H groups in total. The van der Waals surface area contributed by atoms with Crippen LogP contribution >= 0.6 is 0 Å². The van der Waals surface area contributed by atoms with Crippen molar-refractivity contribution in [3.05, 3.63) is 94.3 Å². The molecule has 0 unspecified atom stereocenters. The van der Waals surface area contributed by atoms with Gasteiger partial charge in [-0.3, -0.25) is 14.9 Å². The second kappa shape index (κ2) is 12.0. The van der Waals surface area contributed by atoms with E-state index < -0.39 is 41.5 Å². The lowest BCUT2D eigenvalue weighted by Gasteiger charge is -2.35. The van der Waals surface area contributed by atoms with Crippen LogP contribution in [0.1, 0.15) is 16.1 Å². The first-order valence-electron chi connectivity index (χ1n) is 12.8. The molecule has 1 fully saturated rings. The van der Waals surface area contributed by atoms with Crippen LogP contribution in [-0.2, 0) is 0 Å².